The molecule has 0 unspecified atom stereocenters. The minimum Gasteiger partial charge on any atom is -0.459 e. The van der Waals surface area contributed by atoms with Gasteiger partial charge in [-0.15, -0.1) is 0 Å². The number of amides is 1. The first kappa shape index (κ1) is 23.2. The third-order valence-electron chi connectivity index (χ3n) is 5.68. The Balaban J connectivity index is 1.47. The highest BCUT2D eigenvalue weighted by Crippen LogP contribution is 2.41. The summed E-state index contributed by atoms with van der Waals surface area (Å²) in [5.74, 6) is 0.619. The van der Waals surface area contributed by atoms with Gasteiger partial charge in [-0.1, -0.05) is 24.3 Å². The van der Waals surface area contributed by atoms with Crippen LogP contribution >= 0.6 is 28.1 Å². The summed E-state index contributed by atoms with van der Waals surface area (Å²) in [6, 6.07) is 22.2. The van der Waals surface area contributed by atoms with Gasteiger partial charge < -0.3 is 20.0 Å². The van der Waals surface area contributed by atoms with Gasteiger partial charge in [0.05, 0.1) is 11.7 Å². The summed E-state index contributed by atoms with van der Waals surface area (Å²) in [4.78, 5) is 19.2. The Morgan fingerprint density at radius 2 is 1.91 bits per heavy atom. The number of nitrogens with one attached hydrogen (secondary N) is 2. The average Bonchev–Trinajstić information content (AvgIpc) is 3.45. The highest BCUT2D eigenvalue weighted by molar-refractivity contribution is 9.10. The molecule has 9 heteroatoms. The first-order valence-corrected chi connectivity index (χ1v) is 12.1. The third-order valence-corrected chi connectivity index (χ3v) is 6.69. The van der Waals surface area contributed by atoms with E-state index < -0.39 is 6.04 Å². The molecule has 0 aliphatic carbocycles. The summed E-state index contributed by atoms with van der Waals surface area (Å²) in [7, 11) is 0. The van der Waals surface area contributed by atoms with Crippen LogP contribution in [0.25, 0.3) is 11.3 Å². The zero-order chi connectivity index (χ0) is 24.4. The maximum atomic E-state index is 13.6. The third kappa shape index (κ3) is 4.96. The molecule has 5 rings (SSSR count). The van der Waals surface area contributed by atoms with Crippen molar-refractivity contribution < 1.29 is 13.6 Å². The fourth-order valence-electron chi connectivity index (χ4n) is 4.11. The number of hydrogen-bond donors (Lipinski definition) is 2. The van der Waals surface area contributed by atoms with E-state index in [1.54, 1.807) is 17.2 Å². The Kier molecular flexibility index (Phi) is 6.61. The number of carbonyl (C=O) groups is 1. The molecule has 1 fully saturated rings. The Hall–Kier alpha value is -3.56. The van der Waals surface area contributed by atoms with Crippen molar-refractivity contribution in [1.29, 1.82) is 0 Å². The molecule has 6 nitrogen and oxygen atoms in total. The van der Waals surface area contributed by atoms with Crippen molar-refractivity contribution in [2.24, 2.45) is 0 Å². The van der Waals surface area contributed by atoms with E-state index in [-0.39, 0.29) is 24.3 Å². The molecule has 2 aromatic carbocycles. The first-order chi connectivity index (χ1) is 17.0. The van der Waals surface area contributed by atoms with E-state index in [2.05, 4.69) is 31.5 Å². The van der Waals surface area contributed by atoms with Gasteiger partial charge in [-0.3, -0.25) is 9.78 Å². The smallest absolute Gasteiger partial charge is 0.244 e. The molecule has 2 N–H and O–H groups in total. The molecule has 1 amide bonds. The van der Waals surface area contributed by atoms with Crippen LogP contribution in [0.1, 0.15) is 23.5 Å². The lowest BCUT2D eigenvalue weighted by Gasteiger charge is -2.25. The number of rotatable bonds is 6. The van der Waals surface area contributed by atoms with Crippen LogP contribution in [0.15, 0.2) is 93.9 Å². The van der Waals surface area contributed by atoms with Crippen molar-refractivity contribution in [3.63, 3.8) is 0 Å². The van der Waals surface area contributed by atoms with Crippen LogP contribution < -0.4 is 10.6 Å². The molecule has 1 aliphatic heterocycles. The molecule has 1 aliphatic rings. The Morgan fingerprint density at radius 1 is 1.11 bits per heavy atom. The van der Waals surface area contributed by atoms with E-state index in [0.717, 1.165) is 5.69 Å². The van der Waals surface area contributed by atoms with Crippen molar-refractivity contribution in [3.8, 4) is 11.3 Å². The second-order valence-electron chi connectivity index (χ2n) is 7.99. The maximum Gasteiger partial charge on any atom is 0.244 e. The second kappa shape index (κ2) is 9.97. The highest BCUT2D eigenvalue weighted by Gasteiger charge is 2.42. The number of halogens is 2. The van der Waals surface area contributed by atoms with Gasteiger partial charge in [0.2, 0.25) is 5.91 Å². The molecule has 3 heterocycles. The molecule has 4 aromatic rings. The van der Waals surface area contributed by atoms with E-state index in [4.69, 9.17) is 16.6 Å². The fraction of sp³-hybridized carbons (Fsp3) is 0.115. The molecule has 2 atom stereocenters. The second-order valence-corrected chi connectivity index (χ2v) is 9.24. The number of carbonyl (C=O) groups excluding carboxylic acids is 1. The quantitative estimate of drug-likeness (QED) is 0.293. The lowest BCUT2D eigenvalue weighted by atomic mass is 10.0. The number of benzene rings is 2. The van der Waals surface area contributed by atoms with Crippen molar-refractivity contribution in [1.82, 2.24) is 15.2 Å². The molecule has 1 saturated heterocycles. The van der Waals surface area contributed by atoms with E-state index in [9.17, 15) is 9.18 Å². The van der Waals surface area contributed by atoms with Gasteiger partial charge in [-0.25, -0.2) is 4.39 Å². The monoisotopic (exact) mass is 550 g/mol. The molecule has 0 bridgehead atoms. The van der Waals surface area contributed by atoms with Gasteiger partial charge >= 0.3 is 0 Å². The largest absolute Gasteiger partial charge is 0.459 e. The van der Waals surface area contributed by atoms with E-state index in [1.807, 2.05) is 60.7 Å². The van der Waals surface area contributed by atoms with Crippen LogP contribution in [0.4, 0.5) is 10.1 Å². The van der Waals surface area contributed by atoms with Gasteiger partial charge in [0.25, 0.3) is 0 Å². The molecule has 2 aromatic heterocycles. The van der Waals surface area contributed by atoms with E-state index in [1.165, 1.54) is 12.1 Å². The number of pyridine rings is 1. The summed E-state index contributed by atoms with van der Waals surface area (Å²) in [5, 5.41) is 6.63. The number of anilines is 1. The number of hydrogen-bond acceptors (Lipinski definition) is 4. The molecular weight excluding hydrogens is 531 g/mol. The minimum atomic E-state index is -0.424. The normalized spacial score (nSPS) is 17.3. The predicted molar refractivity (Wildman–Crippen MR) is 139 cm³/mol. The van der Waals surface area contributed by atoms with E-state index in [0.29, 0.717) is 32.4 Å². The van der Waals surface area contributed by atoms with Crippen LogP contribution in [0.3, 0.4) is 0 Å². The van der Waals surface area contributed by atoms with Crippen molar-refractivity contribution >= 4 is 44.9 Å². The zero-order valence-corrected chi connectivity index (χ0v) is 20.7. The van der Waals surface area contributed by atoms with Crippen molar-refractivity contribution in [3.05, 3.63) is 107 Å². The van der Waals surface area contributed by atoms with Gasteiger partial charge in [0, 0.05) is 21.9 Å². The molecular formula is C26H20BrFN4O2S. The number of para-hydroxylation sites is 1. The SMILES string of the molecule is O=C(CN1C(=S)N[C@H](c2ccccn2)[C@@H]1c1ccc(-c2ccc(F)cc2Br)o1)Nc1ccccc1. The molecule has 35 heavy (non-hydrogen) atoms. The summed E-state index contributed by atoms with van der Waals surface area (Å²) < 4.78 is 20.4. The van der Waals surface area contributed by atoms with Crippen molar-refractivity contribution in [2.45, 2.75) is 12.1 Å². The lowest BCUT2D eigenvalue weighted by molar-refractivity contribution is -0.116. The van der Waals surface area contributed by atoms with Crippen LogP contribution in [-0.2, 0) is 4.79 Å². The van der Waals surface area contributed by atoms with Crippen LogP contribution in [0.2, 0.25) is 0 Å². The fourth-order valence-corrected chi connectivity index (χ4v) is 4.96. The van der Waals surface area contributed by atoms with Crippen LogP contribution in [-0.4, -0.2) is 27.4 Å². The molecule has 0 saturated carbocycles. The number of aromatic nitrogens is 1. The summed E-state index contributed by atoms with van der Waals surface area (Å²) in [5.41, 5.74) is 2.19. The van der Waals surface area contributed by atoms with Crippen LogP contribution in [0.5, 0.6) is 0 Å². The number of nitrogens with zero attached hydrogens (tertiary/aromatic N) is 2. The Morgan fingerprint density at radius 3 is 2.66 bits per heavy atom. The van der Waals surface area contributed by atoms with Gasteiger partial charge in [0.15, 0.2) is 5.11 Å². The molecule has 176 valence electrons. The Labute approximate surface area is 215 Å². The predicted octanol–water partition coefficient (Wildman–Crippen LogP) is 5.85. The summed E-state index contributed by atoms with van der Waals surface area (Å²) in [6.45, 7) is 0.0189. The molecule has 0 radical (unpaired) electrons. The lowest BCUT2D eigenvalue weighted by Crippen LogP contribution is -2.36. The van der Waals surface area contributed by atoms with Gasteiger partial charge in [0.1, 0.15) is 29.9 Å². The Bertz CT molecular complexity index is 1370. The summed E-state index contributed by atoms with van der Waals surface area (Å²) >= 11 is 9.03. The number of thiocarbonyl (C=S) groups is 1. The zero-order valence-electron chi connectivity index (χ0n) is 18.3. The average molecular weight is 551 g/mol. The number of furan rings is 1. The van der Waals surface area contributed by atoms with Crippen molar-refractivity contribution in [2.75, 3.05) is 11.9 Å². The van der Waals surface area contributed by atoms with Gasteiger partial charge in [-0.2, -0.15) is 0 Å². The summed E-state index contributed by atoms with van der Waals surface area (Å²) in [6.07, 6.45) is 1.71. The topological polar surface area (TPSA) is 70.4 Å². The standard InChI is InChI=1S/C26H20BrFN4O2S/c27-19-14-16(28)9-10-18(19)21-11-12-22(34-21)25-24(20-8-4-5-13-29-20)31-26(35)32(25)15-23(33)30-17-6-2-1-3-7-17/h1-14,24-25H,15H2,(H,30,33)(H,31,35)/t24-,25+/m1/s1. The van der Waals surface area contributed by atoms with Crippen LogP contribution in [0, 0.1) is 5.82 Å². The minimum absolute atomic E-state index is 0.0189. The molecule has 0 spiro atoms. The maximum absolute atomic E-state index is 13.6. The first-order valence-electron chi connectivity index (χ1n) is 10.9. The highest BCUT2D eigenvalue weighted by atomic mass is 79.9. The van der Waals surface area contributed by atoms with E-state index >= 15 is 0 Å². The van der Waals surface area contributed by atoms with Gasteiger partial charge in [-0.05, 0) is 82.7 Å².